The van der Waals surface area contributed by atoms with E-state index in [0.29, 0.717) is 6.42 Å². The zero-order chi connectivity index (χ0) is 8.57. The van der Waals surface area contributed by atoms with E-state index < -0.39 is 21.5 Å². The fourth-order valence-electron chi connectivity index (χ4n) is 0.258. The van der Waals surface area contributed by atoms with Gasteiger partial charge in [0.15, 0.2) is 6.29 Å². The minimum absolute atomic E-state index is 0. The second-order valence-corrected chi connectivity index (χ2v) is 10.8. The first-order valence-corrected chi connectivity index (χ1v) is 10.5. The predicted molar refractivity (Wildman–Crippen MR) is 55.1 cm³/mol. The van der Waals surface area contributed by atoms with Crippen LogP contribution in [0.15, 0.2) is 0 Å². The Morgan fingerprint density at radius 3 is 1.21 bits per heavy atom. The van der Waals surface area contributed by atoms with Crippen LogP contribution >= 0.6 is 27.6 Å². The van der Waals surface area contributed by atoms with Crippen LogP contribution < -0.4 is 0 Å². The maximum atomic E-state index is 8.11. The molecule has 0 radical (unpaired) electrons. The second-order valence-electron chi connectivity index (χ2n) is 1.40. The van der Waals surface area contributed by atoms with Crippen LogP contribution in [0.25, 0.3) is 0 Å². The van der Waals surface area contributed by atoms with Crippen molar-refractivity contribution in [3.05, 3.63) is 0 Å². The number of hydrogen-bond donors (Lipinski definition) is 2. The molecule has 0 aliphatic heterocycles. The second kappa shape index (κ2) is 29.3. The summed E-state index contributed by atoms with van der Waals surface area (Å²) in [5.41, 5.74) is 0. The normalized spacial score (nSPS) is 7.50. The zero-order valence-electron chi connectivity index (χ0n) is 7.32. The van der Waals surface area contributed by atoms with Crippen molar-refractivity contribution in [1.82, 2.24) is 0 Å². The molecule has 0 aliphatic rings. The molecule has 14 heavy (non-hydrogen) atoms. The van der Waals surface area contributed by atoms with Gasteiger partial charge in [0, 0.05) is 0 Å². The number of halogens is 3. The van der Waals surface area contributed by atoms with Crippen molar-refractivity contribution in [2.45, 2.75) is 26.1 Å². The molecular weight excluding hydrogens is 447 g/mol. The maximum absolute atomic E-state index is 8.11. The minimum atomic E-state index is -1.79. The van der Waals surface area contributed by atoms with Gasteiger partial charge in [-0.25, -0.2) is 0 Å². The molecule has 0 amide bonds. The van der Waals surface area contributed by atoms with Gasteiger partial charge in [-0.3, -0.25) is 0 Å². The van der Waals surface area contributed by atoms with Gasteiger partial charge in [-0.2, -0.15) is 0 Å². The summed E-state index contributed by atoms with van der Waals surface area (Å²) in [6.45, 7) is 1.90. The van der Waals surface area contributed by atoms with Gasteiger partial charge in [-0.15, -0.1) is 0 Å². The fourth-order valence-corrected chi connectivity index (χ4v) is 0.258. The van der Waals surface area contributed by atoms with Crippen LogP contribution in [0, 0.1) is 0 Å². The van der Waals surface area contributed by atoms with Gasteiger partial charge in [0.05, 0.1) is 0 Å². The van der Waals surface area contributed by atoms with Gasteiger partial charge in [0.25, 0.3) is 0 Å². The van der Waals surface area contributed by atoms with E-state index in [1.807, 2.05) is 6.92 Å². The summed E-state index contributed by atoms with van der Waals surface area (Å²) in [5, 5.41) is 16.2. The molecule has 0 atom stereocenters. The average molecular weight is 466 g/mol. The molecule has 10 heteroatoms. The molecule has 6 nitrogen and oxygen atoms in total. The number of aliphatic hydroxyl groups excluding tert-OH is 1. The molecule has 0 bridgehead atoms. The summed E-state index contributed by atoms with van der Waals surface area (Å²) in [7, 11) is 14.9. The Bertz CT molecular complexity index is 66.3. The van der Waals surface area contributed by atoms with E-state index >= 15 is 0 Å². The Labute approximate surface area is 101 Å². The van der Waals surface area contributed by atoms with E-state index in [1.54, 1.807) is 0 Å². The summed E-state index contributed by atoms with van der Waals surface area (Å²) < 4.78 is 0. The molecule has 0 aromatic rings. The fraction of sp³-hybridized carbons (Fsp3) is 1.00. The van der Waals surface area contributed by atoms with Crippen LogP contribution in [-0.2, 0) is 15.2 Å². The molecule has 0 fully saturated rings. The molecule has 0 saturated carbocycles. The molecule has 0 heterocycles. The molecule has 0 aromatic heterocycles. The van der Waals surface area contributed by atoms with Crippen LogP contribution in [0.3, 0.4) is 0 Å². The molecule has 0 unspecified atom stereocenters. The Balaban J connectivity index is -0.0000000185. The van der Waals surface area contributed by atoms with Gasteiger partial charge < -0.3 is 32.1 Å². The Morgan fingerprint density at radius 1 is 1.00 bits per heavy atom. The summed E-state index contributed by atoms with van der Waals surface area (Å²) in [5.74, 6) is 0. The van der Waals surface area contributed by atoms with Crippen LogP contribution in [0.5, 0.6) is 0 Å². The Hall–Kier alpha value is 1.37. The third-order valence-electron chi connectivity index (χ3n) is 0.547. The van der Waals surface area contributed by atoms with Gasteiger partial charge in [-0.05, 0) is 6.42 Å². The van der Waals surface area contributed by atoms with E-state index in [-0.39, 0.29) is 21.9 Å². The monoisotopic (exact) mass is 464 g/mol. The van der Waals surface area contributed by atoms with Crippen molar-refractivity contribution >= 4 is 27.6 Å². The predicted octanol–water partition coefficient (Wildman–Crippen LogP) is -1.14. The summed E-state index contributed by atoms with van der Waals surface area (Å²) in [6, 6.07) is 0. The molecule has 0 aromatic carbocycles. The van der Waals surface area contributed by atoms with E-state index in [2.05, 4.69) is 0 Å². The average Bonchev–Trinajstić information content (AvgIpc) is 1.62. The van der Waals surface area contributed by atoms with E-state index in [9.17, 15) is 0 Å². The molecule has 0 saturated heterocycles. The van der Waals surface area contributed by atoms with Gasteiger partial charge in [0.2, 0.25) is 0 Å². The van der Waals surface area contributed by atoms with Crippen LogP contribution in [-0.4, -0.2) is 38.4 Å². The molecule has 102 valence electrons. The Morgan fingerprint density at radius 2 is 1.21 bits per heavy atom. The quantitative estimate of drug-likeness (QED) is 0.389. The molecule has 10 N–H and O–H groups in total. The van der Waals surface area contributed by atoms with Gasteiger partial charge in [0.1, 0.15) is 0 Å². The van der Waals surface area contributed by atoms with Crippen molar-refractivity contribution < 1.29 is 47.3 Å². The third-order valence-corrected chi connectivity index (χ3v) is 0.547. The molecule has 0 aliphatic carbocycles. The summed E-state index contributed by atoms with van der Waals surface area (Å²) in [6.07, 6.45) is 0.215. The number of hydrogen-bond acceptors (Lipinski definition) is 2. The topological polar surface area (TPSA) is 166 Å². The summed E-state index contributed by atoms with van der Waals surface area (Å²) in [4.78, 5) is 0. The van der Waals surface area contributed by atoms with Gasteiger partial charge in [-0.1, -0.05) is 13.3 Å². The van der Waals surface area contributed by atoms with Gasteiger partial charge >= 0.3 is 42.8 Å². The zero-order valence-corrected chi connectivity index (χ0v) is 11.8. The van der Waals surface area contributed by atoms with Crippen LogP contribution in [0.2, 0.25) is 0 Å². The van der Waals surface area contributed by atoms with Crippen molar-refractivity contribution in [2.24, 2.45) is 0 Å². The van der Waals surface area contributed by atoms with E-state index in [0.717, 1.165) is 6.42 Å². The first-order valence-electron chi connectivity index (χ1n) is 2.47. The van der Waals surface area contributed by atoms with E-state index in [4.69, 9.17) is 37.8 Å². The SMILES string of the molecule is CCCC(O)O.O.O.O.O.[Cl][Au]([Cl])[Cl]. The first-order chi connectivity index (χ1) is 4.50. The van der Waals surface area contributed by atoms with Crippen molar-refractivity contribution in [2.75, 3.05) is 0 Å². The number of rotatable bonds is 2. The van der Waals surface area contributed by atoms with Crippen LogP contribution in [0.4, 0.5) is 0 Å². The molecule has 0 rings (SSSR count). The van der Waals surface area contributed by atoms with Crippen LogP contribution in [0.1, 0.15) is 19.8 Å². The van der Waals surface area contributed by atoms with Crippen molar-refractivity contribution in [3.8, 4) is 0 Å². The van der Waals surface area contributed by atoms with E-state index in [1.165, 1.54) is 0 Å². The number of aliphatic hydroxyl groups is 2. The first kappa shape index (κ1) is 36.1. The Kier molecular flexibility index (Phi) is 75.5. The molecule has 0 spiro atoms. The van der Waals surface area contributed by atoms with Crippen molar-refractivity contribution in [1.29, 1.82) is 0 Å². The third kappa shape index (κ3) is 107. The van der Waals surface area contributed by atoms with Crippen molar-refractivity contribution in [3.63, 3.8) is 0 Å². The standard InChI is InChI=1S/C4H10O2.Au.3ClH.4H2O/c1-2-3-4(5)6;;;;;;;;/h4-6H,2-3H2,1H3;;3*1H;4*1H2/q;+3;;;;;;;/p-3. The summed E-state index contributed by atoms with van der Waals surface area (Å²) >= 11 is -1.79. The molecular formula is C4H18AuCl3O6.